The maximum Gasteiger partial charge on any atom is 0.148 e. The van der Waals surface area contributed by atoms with Gasteiger partial charge in [-0.3, -0.25) is 0 Å². The van der Waals surface area contributed by atoms with Crippen molar-refractivity contribution in [3.63, 3.8) is 0 Å². The first-order valence-electron chi connectivity index (χ1n) is 6.78. The predicted molar refractivity (Wildman–Crippen MR) is 77.0 cm³/mol. The van der Waals surface area contributed by atoms with Crippen LogP contribution in [0.5, 0.6) is 0 Å². The van der Waals surface area contributed by atoms with Crippen molar-refractivity contribution >= 4 is 5.82 Å². The molecule has 0 saturated heterocycles. The van der Waals surface area contributed by atoms with Gasteiger partial charge in [0.2, 0.25) is 0 Å². The van der Waals surface area contributed by atoms with Crippen molar-refractivity contribution in [2.24, 2.45) is 0 Å². The second-order valence-electron chi connectivity index (χ2n) is 5.29. The zero-order valence-electron chi connectivity index (χ0n) is 12.3. The summed E-state index contributed by atoms with van der Waals surface area (Å²) in [6.45, 7) is 7.38. The van der Waals surface area contributed by atoms with Crippen LogP contribution in [0.2, 0.25) is 0 Å². The number of nitrogens with zero attached hydrogens (tertiary/aromatic N) is 3. The summed E-state index contributed by atoms with van der Waals surface area (Å²) in [5, 5.41) is 11.8. The van der Waals surface area contributed by atoms with E-state index < -0.39 is 0 Å². The maximum atomic E-state index is 4.22. The number of hydrogen-bond acceptors (Lipinski definition) is 4. The molecule has 1 N–H and O–H groups in total. The summed E-state index contributed by atoms with van der Waals surface area (Å²) in [6, 6.07) is 4.60. The minimum absolute atomic E-state index is 0.432. The van der Waals surface area contributed by atoms with Gasteiger partial charge in [-0.2, -0.15) is 5.10 Å². The maximum absolute atomic E-state index is 4.22. The molecule has 1 heterocycles. The lowest BCUT2D eigenvalue weighted by Gasteiger charge is -2.24. The van der Waals surface area contributed by atoms with Crippen molar-refractivity contribution in [3.05, 3.63) is 17.8 Å². The molecule has 0 aliphatic rings. The van der Waals surface area contributed by atoms with E-state index in [1.165, 1.54) is 12.8 Å². The Balaban J connectivity index is 2.51. The zero-order valence-corrected chi connectivity index (χ0v) is 12.3. The summed E-state index contributed by atoms with van der Waals surface area (Å²) in [6.07, 6.45) is 2.39. The lowest BCUT2D eigenvalue weighted by molar-refractivity contribution is 0.288. The van der Waals surface area contributed by atoms with Crippen molar-refractivity contribution in [2.75, 3.05) is 26.0 Å². The molecule has 0 unspecified atom stereocenters. The average molecular weight is 250 g/mol. The molecule has 0 bridgehead atoms. The summed E-state index contributed by atoms with van der Waals surface area (Å²) in [4.78, 5) is 2.26. The summed E-state index contributed by atoms with van der Waals surface area (Å²) >= 11 is 0. The molecule has 0 spiro atoms. The molecule has 4 nitrogen and oxygen atoms in total. The van der Waals surface area contributed by atoms with Gasteiger partial charge in [-0.25, -0.2) is 0 Å². The highest BCUT2D eigenvalue weighted by atomic mass is 15.2. The second-order valence-corrected chi connectivity index (χ2v) is 5.29. The summed E-state index contributed by atoms with van der Waals surface area (Å²) in [5.41, 5.74) is 1.04. The van der Waals surface area contributed by atoms with Crippen LogP contribution in [-0.2, 0) is 0 Å². The Bertz CT molecular complexity index is 332. The van der Waals surface area contributed by atoms with E-state index in [0.717, 1.165) is 18.1 Å². The molecule has 18 heavy (non-hydrogen) atoms. The van der Waals surface area contributed by atoms with Crippen molar-refractivity contribution < 1.29 is 0 Å². The molecule has 0 saturated carbocycles. The molecule has 0 aliphatic carbocycles. The summed E-state index contributed by atoms with van der Waals surface area (Å²) < 4.78 is 0. The van der Waals surface area contributed by atoms with Crippen molar-refractivity contribution in [1.82, 2.24) is 15.1 Å². The van der Waals surface area contributed by atoms with E-state index in [-0.39, 0.29) is 0 Å². The topological polar surface area (TPSA) is 41.1 Å². The molecule has 1 rings (SSSR count). The van der Waals surface area contributed by atoms with Gasteiger partial charge >= 0.3 is 0 Å². The van der Waals surface area contributed by atoms with Gasteiger partial charge in [0.25, 0.3) is 0 Å². The van der Waals surface area contributed by atoms with Gasteiger partial charge in [0.1, 0.15) is 5.82 Å². The molecule has 0 fully saturated rings. The van der Waals surface area contributed by atoms with Gasteiger partial charge in [-0.1, -0.05) is 27.2 Å². The molecule has 1 atom stereocenters. The highest BCUT2D eigenvalue weighted by molar-refractivity contribution is 5.33. The SMILES string of the molecule is CCC[C@H](CNc1ccc(C(C)C)nn1)N(C)C. The summed E-state index contributed by atoms with van der Waals surface area (Å²) in [7, 11) is 4.24. The molecular formula is C14H26N4. The van der Waals surface area contributed by atoms with E-state index in [4.69, 9.17) is 0 Å². The largest absolute Gasteiger partial charge is 0.367 e. The standard InChI is InChI=1S/C14H26N4/c1-6-7-12(18(4)5)10-15-14-9-8-13(11(2)3)16-17-14/h8-9,11-12H,6-7,10H2,1-5H3,(H,15,17)/t12-/m1/s1. The third kappa shape index (κ3) is 4.61. The molecule has 0 amide bonds. The molecule has 0 aliphatic heterocycles. The van der Waals surface area contributed by atoms with E-state index >= 15 is 0 Å². The van der Waals surface area contributed by atoms with E-state index in [9.17, 15) is 0 Å². The number of hydrogen-bond donors (Lipinski definition) is 1. The first kappa shape index (κ1) is 14.9. The Morgan fingerprint density at radius 1 is 1.22 bits per heavy atom. The molecule has 0 aromatic carbocycles. The molecule has 1 aromatic heterocycles. The number of nitrogens with one attached hydrogen (secondary N) is 1. The smallest absolute Gasteiger partial charge is 0.148 e. The Hall–Kier alpha value is -1.16. The van der Waals surface area contributed by atoms with Crippen LogP contribution in [0.3, 0.4) is 0 Å². The van der Waals surface area contributed by atoms with Gasteiger partial charge < -0.3 is 10.2 Å². The fourth-order valence-corrected chi connectivity index (χ4v) is 1.84. The van der Waals surface area contributed by atoms with Crippen molar-refractivity contribution in [2.45, 2.75) is 45.6 Å². The fraction of sp³-hybridized carbons (Fsp3) is 0.714. The van der Waals surface area contributed by atoms with Crippen molar-refractivity contribution in [1.29, 1.82) is 0 Å². The third-order valence-corrected chi connectivity index (χ3v) is 3.15. The summed E-state index contributed by atoms with van der Waals surface area (Å²) in [5.74, 6) is 1.29. The van der Waals surface area contributed by atoms with Crippen LogP contribution >= 0.6 is 0 Å². The lowest BCUT2D eigenvalue weighted by Crippen LogP contribution is -2.34. The van der Waals surface area contributed by atoms with Crippen LogP contribution in [0.1, 0.15) is 45.2 Å². The lowest BCUT2D eigenvalue weighted by atomic mass is 10.1. The average Bonchev–Trinajstić information content (AvgIpc) is 2.34. The normalized spacial score (nSPS) is 13.1. The van der Waals surface area contributed by atoms with Crippen molar-refractivity contribution in [3.8, 4) is 0 Å². The van der Waals surface area contributed by atoms with Crippen LogP contribution in [0, 0.1) is 0 Å². The highest BCUT2D eigenvalue weighted by Gasteiger charge is 2.10. The third-order valence-electron chi connectivity index (χ3n) is 3.15. The van der Waals surface area contributed by atoms with Crippen LogP contribution in [0.25, 0.3) is 0 Å². The minimum atomic E-state index is 0.432. The van der Waals surface area contributed by atoms with Crippen LogP contribution in [0.15, 0.2) is 12.1 Å². The number of rotatable bonds is 7. The van der Waals surface area contributed by atoms with Gasteiger partial charge in [-0.05, 0) is 38.6 Å². The van der Waals surface area contributed by atoms with Crippen LogP contribution < -0.4 is 5.32 Å². The number of aromatic nitrogens is 2. The van der Waals surface area contributed by atoms with Gasteiger partial charge in [0.15, 0.2) is 0 Å². The molecule has 4 heteroatoms. The molecule has 102 valence electrons. The highest BCUT2D eigenvalue weighted by Crippen LogP contribution is 2.12. The molecule has 1 aromatic rings. The first-order chi connectivity index (χ1) is 8.54. The number of anilines is 1. The van der Waals surface area contributed by atoms with E-state index in [0.29, 0.717) is 12.0 Å². The van der Waals surface area contributed by atoms with Crippen LogP contribution in [0.4, 0.5) is 5.82 Å². The van der Waals surface area contributed by atoms with E-state index in [1.54, 1.807) is 0 Å². The monoisotopic (exact) mass is 250 g/mol. The second kappa shape index (κ2) is 7.31. The predicted octanol–water partition coefficient (Wildman–Crippen LogP) is 2.74. The fourth-order valence-electron chi connectivity index (χ4n) is 1.84. The Labute approximate surface area is 111 Å². The minimum Gasteiger partial charge on any atom is -0.367 e. The Morgan fingerprint density at radius 2 is 1.94 bits per heavy atom. The quantitative estimate of drug-likeness (QED) is 0.808. The van der Waals surface area contributed by atoms with Crippen LogP contribution in [-0.4, -0.2) is 41.8 Å². The Kier molecular flexibility index (Phi) is 6.05. The van der Waals surface area contributed by atoms with Gasteiger partial charge in [0, 0.05) is 12.6 Å². The van der Waals surface area contributed by atoms with Gasteiger partial charge in [-0.15, -0.1) is 5.10 Å². The zero-order chi connectivity index (χ0) is 13.5. The molecular weight excluding hydrogens is 224 g/mol. The van der Waals surface area contributed by atoms with E-state index in [1.807, 2.05) is 12.1 Å². The van der Waals surface area contributed by atoms with E-state index in [2.05, 4.69) is 55.3 Å². The number of likely N-dealkylation sites (N-methyl/N-ethyl adjacent to an activating group) is 1. The first-order valence-corrected chi connectivity index (χ1v) is 6.78. The van der Waals surface area contributed by atoms with Gasteiger partial charge in [0.05, 0.1) is 5.69 Å². The molecule has 0 radical (unpaired) electrons. The Morgan fingerprint density at radius 3 is 2.39 bits per heavy atom.